The van der Waals surface area contributed by atoms with Crippen LogP contribution in [-0.4, -0.2) is 16.5 Å². The summed E-state index contributed by atoms with van der Waals surface area (Å²) in [5.74, 6) is 0.321. The summed E-state index contributed by atoms with van der Waals surface area (Å²) in [4.78, 5) is 0. The van der Waals surface area contributed by atoms with Crippen molar-refractivity contribution in [2.24, 2.45) is 0 Å². The van der Waals surface area contributed by atoms with Crippen LogP contribution in [0.25, 0.3) is 0 Å². The predicted octanol–water partition coefficient (Wildman–Crippen LogP) is 2.53. The van der Waals surface area contributed by atoms with Crippen LogP contribution < -0.4 is 0 Å². The fraction of sp³-hybridized carbons (Fsp3) is 0.417. The number of hydrogen-bond donors (Lipinski definition) is 0. The Balaban J connectivity index is 2.32. The summed E-state index contributed by atoms with van der Waals surface area (Å²) in [5, 5.41) is 11.5. The average Bonchev–Trinajstić information content (AvgIpc) is 2.44. The summed E-state index contributed by atoms with van der Waals surface area (Å²) in [5.41, 5.74) is 0.952. The van der Waals surface area contributed by atoms with Crippen molar-refractivity contribution in [3.8, 4) is 0 Å². The van der Waals surface area contributed by atoms with Crippen LogP contribution >= 0.6 is 0 Å². The second-order valence-corrected chi connectivity index (χ2v) is 4.36. The van der Waals surface area contributed by atoms with E-state index in [1.54, 1.807) is 6.21 Å². The highest BCUT2D eigenvalue weighted by Gasteiger charge is 2.42. The SMILES string of the molecule is CC1(C)[C@H](c2ccccc2)CC=[N+]1[O-]. The summed E-state index contributed by atoms with van der Waals surface area (Å²) < 4.78 is 1.09. The lowest BCUT2D eigenvalue weighted by Gasteiger charge is -2.25. The van der Waals surface area contributed by atoms with Gasteiger partial charge in [0.15, 0.2) is 11.8 Å². The summed E-state index contributed by atoms with van der Waals surface area (Å²) in [6.45, 7) is 4.00. The van der Waals surface area contributed by atoms with Gasteiger partial charge < -0.3 is 5.21 Å². The van der Waals surface area contributed by atoms with Gasteiger partial charge in [0.25, 0.3) is 0 Å². The molecule has 14 heavy (non-hydrogen) atoms. The van der Waals surface area contributed by atoms with Crippen molar-refractivity contribution in [2.75, 3.05) is 0 Å². The Bertz CT molecular complexity index is 354. The first-order valence-electron chi connectivity index (χ1n) is 4.97. The molecule has 0 aliphatic carbocycles. The lowest BCUT2D eigenvalue weighted by molar-refractivity contribution is -0.530. The molecule has 1 atom stereocenters. The third kappa shape index (κ3) is 1.31. The van der Waals surface area contributed by atoms with Crippen molar-refractivity contribution in [1.82, 2.24) is 0 Å². The summed E-state index contributed by atoms with van der Waals surface area (Å²) in [6, 6.07) is 10.3. The van der Waals surface area contributed by atoms with Crippen LogP contribution in [0.3, 0.4) is 0 Å². The smallest absolute Gasteiger partial charge is 0.174 e. The lowest BCUT2D eigenvalue weighted by Crippen LogP contribution is -2.33. The monoisotopic (exact) mass is 189 g/mol. The van der Waals surface area contributed by atoms with Gasteiger partial charge in [-0.05, 0) is 5.56 Å². The van der Waals surface area contributed by atoms with Gasteiger partial charge in [0.2, 0.25) is 0 Å². The highest BCUT2D eigenvalue weighted by molar-refractivity contribution is 5.57. The standard InChI is InChI=1S/C12H15NO/c1-12(2)11(8-9-13(12)14)10-6-4-3-5-7-10/h3-7,9,11H,8H2,1-2H3/t11-/m0/s1. The van der Waals surface area contributed by atoms with Crippen molar-refractivity contribution in [2.45, 2.75) is 31.7 Å². The van der Waals surface area contributed by atoms with Gasteiger partial charge in [-0.1, -0.05) is 30.3 Å². The molecule has 0 aromatic heterocycles. The Morgan fingerprint density at radius 1 is 1.29 bits per heavy atom. The average molecular weight is 189 g/mol. The molecule has 2 heteroatoms. The van der Waals surface area contributed by atoms with E-state index in [2.05, 4.69) is 12.1 Å². The first kappa shape index (κ1) is 9.25. The van der Waals surface area contributed by atoms with Crippen LogP contribution in [-0.2, 0) is 0 Å². The van der Waals surface area contributed by atoms with Crippen LogP contribution in [0.15, 0.2) is 30.3 Å². The van der Waals surface area contributed by atoms with Crippen molar-refractivity contribution < 1.29 is 4.74 Å². The third-order valence-corrected chi connectivity index (χ3v) is 3.13. The Labute approximate surface area is 84.5 Å². The van der Waals surface area contributed by atoms with Crippen LogP contribution in [0, 0.1) is 5.21 Å². The van der Waals surface area contributed by atoms with Crippen LogP contribution in [0.2, 0.25) is 0 Å². The number of hydroxylamine groups is 1. The molecule has 1 heterocycles. The quantitative estimate of drug-likeness (QED) is 0.492. The van der Waals surface area contributed by atoms with E-state index in [1.807, 2.05) is 32.0 Å². The number of nitrogens with zero attached hydrogens (tertiary/aromatic N) is 1. The largest absolute Gasteiger partial charge is 0.624 e. The van der Waals surface area contributed by atoms with E-state index in [0.29, 0.717) is 5.92 Å². The maximum absolute atomic E-state index is 11.5. The van der Waals surface area contributed by atoms with E-state index in [9.17, 15) is 5.21 Å². The summed E-state index contributed by atoms with van der Waals surface area (Å²) in [7, 11) is 0. The predicted molar refractivity (Wildman–Crippen MR) is 57.6 cm³/mol. The first-order chi connectivity index (χ1) is 6.62. The first-order valence-corrected chi connectivity index (χ1v) is 4.97. The molecule has 2 rings (SSSR count). The zero-order valence-corrected chi connectivity index (χ0v) is 8.60. The molecule has 1 aromatic rings. The van der Waals surface area contributed by atoms with Gasteiger partial charge in [0.1, 0.15) is 0 Å². The lowest BCUT2D eigenvalue weighted by atomic mass is 9.83. The Kier molecular flexibility index (Phi) is 2.06. The Morgan fingerprint density at radius 2 is 1.93 bits per heavy atom. The molecule has 0 radical (unpaired) electrons. The Morgan fingerprint density at radius 3 is 2.43 bits per heavy atom. The number of benzene rings is 1. The third-order valence-electron chi connectivity index (χ3n) is 3.13. The fourth-order valence-electron chi connectivity index (χ4n) is 2.11. The van der Waals surface area contributed by atoms with E-state index >= 15 is 0 Å². The minimum Gasteiger partial charge on any atom is -0.624 e. The Hall–Kier alpha value is -1.31. The summed E-state index contributed by atoms with van der Waals surface area (Å²) >= 11 is 0. The van der Waals surface area contributed by atoms with Gasteiger partial charge in [-0.3, -0.25) is 0 Å². The van der Waals surface area contributed by atoms with Gasteiger partial charge in [-0.15, -0.1) is 0 Å². The molecule has 1 aromatic carbocycles. The molecule has 0 saturated heterocycles. The highest BCUT2D eigenvalue weighted by Crippen LogP contribution is 2.36. The van der Waals surface area contributed by atoms with Crippen molar-refractivity contribution in [3.05, 3.63) is 41.1 Å². The normalized spacial score (nSPS) is 24.7. The van der Waals surface area contributed by atoms with Crippen LogP contribution in [0.1, 0.15) is 31.7 Å². The van der Waals surface area contributed by atoms with Gasteiger partial charge in [-0.2, -0.15) is 0 Å². The maximum Gasteiger partial charge on any atom is 0.174 e. The molecule has 0 N–H and O–H groups in total. The van der Waals surface area contributed by atoms with Crippen molar-refractivity contribution in [3.63, 3.8) is 0 Å². The molecule has 0 fully saturated rings. The second-order valence-electron chi connectivity index (χ2n) is 4.36. The fourth-order valence-corrected chi connectivity index (χ4v) is 2.11. The molecular weight excluding hydrogens is 174 g/mol. The van der Waals surface area contributed by atoms with Gasteiger partial charge in [-0.25, -0.2) is 4.74 Å². The minimum absolute atomic E-state index is 0.304. The van der Waals surface area contributed by atoms with Gasteiger partial charge >= 0.3 is 0 Å². The minimum atomic E-state index is -0.304. The van der Waals surface area contributed by atoms with E-state index in [1.165, 1.54) is 5.56 Å². The molecule has 0 spiro atoms. The number of hydrogen-bond acceptors (Lipinski definition) is 1. The van der Waals surface area contributed by atoms with Gasteiger partial charge in [0, 0.05) is 20.3 Å². The number of rotatable bonds is 1. The van der Waals surface area contributed by atoms with Crippen LogP contribution in [0.5, 0.6) is 0 Å². The van der Waals surface area contributed by atoms with E-state index < -0.39 is 0 Å². The molecular formula is C12H15NO. The van der Waals surface area contributed by atoms with E-state index in [0.717, 1.165) is 11.2 Å². The van der Waals surface area contributed by atoms with Crippen molar-refractivity contribution >= 4 is 6.21 Å². The van der Waals surface area contributed by atoms with E-state index in [-0.39, 0.29) is 5.54 Å². The molecule has 0 saturated carbocycles. The van der Waals surface area contributed by atoms with Crippen LogP contribution in [0.4, 0.5) is 0 Å². The van der Waals surface area contributed by atoms with E-state index in [4.69, 9.17) is 0 Å². The van der Waals surface area contributed by atoms with Crippen molar-refractivity contribution in [1.29, 1.82) is 0 Å². The molecule has 1 aliphatic heterocycles. The molecule has 2 nitrogen and oxygen atoms in total. The molecule has 0 amide bonds. The zero-order chi connectivity index (χ0) is 10.2. The molecule has 1 aliphatic rings. The summed E-state index contributed by atoms with van der Waals surface area (Å²) in [6.07, 6.45) is 2.60. The molecule has 0 bridgehead atoms. The topological polar surface area (TPSA) is 26.1 Å². The zero-order valence-electron chi connectivity index (χ0n) is 8.60. The highest BCUT2D eigenvalue weighted by atomic mass is 16.5. The molecule has 0 unspecified atom stereocenters. The van der Waals surface area contributed by atoms with Gasteiger partial charge in [0.05, 0.1) is 5.92 Å². The molecule has 74 valence electrons. The second kappa shape index (κ2) is 3.12. The maximum atomic E-state index is 11.5.